The molecule has 2 N–H and O–H groups in total. The van der Waals surface area contributed by atoms with Crippen LogP contribution >= 0.6 is 0 Å². The molecule has 100 valence electrons. The van der Waals surface area contributed by atoms with Crippen LogP contribution in [0.5, 0.6) is 0 Å². The minimum absolute atomic E-state index is 0.159. The van der Waals surface area contributed by atoms with Gasteiger partial charge in [-0.25, -0.2) is 13.1 Å². The van der Waals surface area contributed by atoms with Crippen LogP contribution in [-0.4, -0.2) is 26.4 Å². The van der Waals surface area contributed by atoms with Crippen molar-refractivity contribution in [1.82, 2.24) is 4.72 Å². The third kappa shape index (κ3) is 2.96. The standard InChI is InChI=1S/C10H15N3O4S/c1-7(2)12-18(16,17)9-6-4-5-8(11-3)10(9)13(14)15/h4-7,11-12H,1-3H3. The summed E-state index contributed by atoms with van der Waals surface area (Å²) in [5.74, 6) is 0. The van der Waals surface area contributed by atoms with Gasteiger partial charge in [0.2, 0.25) is 10.0 Å². The van der Waals surface area contributed by atoms with E-state index >= 15 is 0 Å². The summed E-state index contributed by atoms with van der Waals surface area (Å²) in [6.07, 6.45) is 0. The Labute approximate surface area is 105 Å². The van der Waals surface area contributed by atoms with Gasteiger partial charge in [-0.05, 0) is 26.0 Å². The summed E-state index contributed by atoms with van der Waals surface area (Å²) >= 11 is 0. The molecule has 0 saturated heterocycles. The van der Waals surface area contributed by atoms with E-state index in [1.165, 1.54) is 25.2 Å². The summed E-state index contributed by atoms with van der Waals surface area (Å²) in [5.41, 5.74) is -0.292. The number of nitrogens with zero attached hydrogens (tertiary/aromatic N) is 1. The molecule has 0 aliphatic carbocycles. The van der Waals surface area contributed by atoms with Crippen LogP contribution in [0.3, 0.4) is 0 Å². The number of hydrogen-bond donors (Lipinski definition) is 2. The first-order valence-electron chi connectivity index (χ1n) is 5.27. The topological polar surface area (TPSA) is 101 Å². The molecule has 0 spiro atoms. The van der Waals surface area contributed by atoms with Crippen molar-refractivity contribution in [3.63, 3.8) is 0 Å². The summed E-state index contributed by atoms with van der Waals surface area (Å²) in [4.78, 5) is 9.96. The molecule has 0 radical (unpaired) electrons. The van der Waals surface area contributed by atoms with Gasteiger partial charge in [0.15, 0.2) is 4.90 Å². The molecule has 7 nitrogen and oxygen atoms in total. The van der Waals surface area contributed by atoms with Crippen LogP contribution in [0.15, 0.2) is 23.1 Å². The molecule has 1 aromatic rings. The van der Waals surface area contributed by atoms with Gasteiger partial charge in [0.25, 0.3) is 0 Å². The van der Waals surface area contributed by atoms with Crippen LogP contribution in [0.1, 0.15) is 13.8 Å². The van der Waals surface area contributed by atoms with Gasteiger partial charge in [-0.1, -0.05) is 6.07 Å². The summed E-state index contributed by atoms with van der Waals surface area (Å²) in [5, 5.41) is 13.6. The zero-order valence-corrected chi connectivity index (χ0v) is 11.1. The fourth-order valence-electron chi connectivity index (χ4n) is 1.50. The summed E-state index contributed by atoms with van der Waals surface area (Å²) < 4.78 is 26.3. The maximum absolute atomic E-state index is 12.0. The van der Waals surface area contributed by atoms with Crippen LogP contribution < -0.4 is 10.0 Å². The quantitative estimate of drug-likeness (QED) is 0.622. The van der Waals surface area contributed by atoms with Crippen molar-refractivity contribution in [2.45, 2.75) is 24.8 Å². The molecule has 0 unspecified atom stereocenters. The van der Waals surface area contributed by atoms with Crippen LogP contribution in [0.25, 0.3) is 0 Å². The smallest absolute Gasteiger partial charge is 0.312 e. The number of sulfonamides is 1. The molecular formula is C10H15N3O4S. The molecule has 1 aromatic carbocycles. The lowest BCUT2D eigenvalue weighted by molar-refractivity contribution is -0.386. The number of rotatable bonds is 5. The number of nitro benzene ring substituents is 1. The molecule has 18 heavy (non-hydrogen) atoms. The van der Waals surface area contributed by atoms with Gasteiger partial charge in [0.05, 0.1) is 4.92 Å². The predicted molar refractivity (Wildman–Crippen MR) is 68.1 cm³/mol. The fraction of sp³-hybridized carbons (Fsp3) is 0.400. The number of nitro groups is 1. The van der Waals surface area contributed by atoms with Gasteiger partial charge >= 0.3 is 5.69 Å². The van der Waals surface area contributed by atoms with Gasteiger partial charge in [-0.15, -0.1) is 0 Å². The molecule has 0 heterocycles. The van der Waals surface area contributed by atoms with Gasteiger partial charge in [-0.2, -0.15) is 0 Å². The molecule has 0 amide bonds. The lowest BCUT2D eigenvalue weighted by Gasteiger charge is -2.11. The summed E-state index contributed by atoms with van der Waals surface area (Å²) in [6.45, 7) is 3.29. The Morgan fingerprint density at radius 3 is 2.39 bits per heavy atom. The van der Waals surface area contributed by atoms with Gasteiger partial charge < -0.3 is 5.32 Å². The van der Waals surface area contributed by atoms with Crippen molar-refractivity contribution < 1.29 is 13.3 Å². The Hall–Kier alpha value is -1.67. The number of benzene rings is 1. The lowest BCUT2D eigenvalue weighted by Crippen LogP contribution is -2.30. The third-order valence-corrected chi connectivity index (χ3v) is 3.82. The van der Waals surface area contributed by atoms with Crippen molar-refractivity contribution in [2.75, 3.05) is 12.4 Å². The lowest BCUT2D eigenvalue weighted by atomic mass is 10.3. The molecule has 0 fully saturated rings. The van der Waals surface area contributed by atoms with Crippen LogP contribution in [-0.2, 0) is 10.0 Å². The second-order valence-corrected chi connectivity index (χ2v) is 5.62. The van der Waals surface area contributed by atoms with E-state index < -0.39 is 20.6 Å². The van der Waals surface area contributed by atoms with Crippen molar-refractivity contribution in [3.05, 3.63) is 28.3 Å². The summed E-state index contributed by atoms with van der Waals surface area (Å²) in [7, 11) is -2.40. The largest absolute Gasteiger partial charge is 0.383 e. The second kappa shape index (κ2) is 5.32. The van der Waals surface area contributed by atoms with Gasteiger partial charge in [-0.3, -0.25) is 10.1 Å². The average Bonchev–Trinajstić information content (AvgIpc) is 2.26. The van der Waals surface area contributed by atoms with E-state index in [0.717, 1.165) is 0 Å². The molecule has 0 atom stereocenters. The number of nitrogens with one attached hydrogen (secondary N) is 2. The Balaban J connectivity index is 3.46. The molecule has 1 rings (SSSR count). The highest BCUT2D eigenvalue weighted by molar-refractivity contribution is 7.89. The summed E-state index contributed by atoms with van der Waals surface area (Å²) in [6, 6.07) is 3.78. The normalized spacial score (nSPS) is 11.6. The molecule has 0 aliphatic rings. The van der Waals surface area contributed by atoms with Gasteiger partial charge in [0, 0.05) is 13.1 Å². The van der Waals surface area contributed by atoms with Crippen molar-refractivity contribution in [3.8, 4) is 0 Å². The van der Waals surface area contributed by atoms with Crippen LogP contribution in [0.4, 0.5) is 11.4 Å². The van der Waals surface area contributed by atoms with E-state index in [4.69, 9.17) is 0 Å². The van der Waals surface area contributed by atoms with Crippen molar-refractivity contribution in [2.24, 2.45) is 0 Å². The number of hydrogen-bond acceptors (Lipinski definition) is 5. The predicted octanol–water partition coefficient (Wildman–Crippen LogP) is 1.32. The van der Waals surface area contributed by atoms with Gasteiger partial charge in [0.1, 0.15) is 5.69 Å². The highest BCUT2D eigenvalue weighted by Crippen LogP contribution is 2.31. The molecule has 8 heteroatoms. The Morgan fingerprint density at radius 1 is 1.33 bits per heavy atom. The Morgan fingerprint density at radius 2 is 1.94 bits per heavy atom. The average molecular weight is 273 g/mol. The zero-order valence-electron chi connectivity index (χ0n) is 10.3. The molecular weight excluding hydrogens is 258 g/mol. The second-order valence-electron chi connectivity index (χ2n) is 3.94. The van der Waals surface area contributed by atoms with Crippen LogP contribution in [0.2, 0.25) is 0 Å². The van der Waals surface area contributed by atoms with Crippen molar-refractivity contribution >= 4 is 21.4 Å². The maximum Gasteiger partial charge on any atom is 0.312 e. The molecule has 0 aromatic heterocycles. The first-order chi connectivity index (χ1) is 8.29. The third-order valence-electron chi connectivity index (χ3n) is 2.13. The first-order valence-corrected chi connectivity index (χ1v) is 6.75. The monoisotopic (exact) mass is 273 g/mol. The number of anilines is 1. The minimum atomic E-state index is -3.90. The van der Waals surface area contributed by atoms with Crippen molar-refractivity contribution in [1.29, 1.82) is 0 Å². The number of para-hydroxylation sites is 1. The van der Waals surface area contributed by atoms with E-state index in [0.29, 0.717) is 0 Å². The zero-order chi connectivity index (χ0) is 13.9. The molecule has 0 bridgehead atoms. The van der Waals surface area contributed by atoms with Crippen LogP contribution in [0, 0.1) is 10.1 Å². The Kier molecular flexibility index (Phi) is 4.25. The molecule has 0 saturated carbocycles. The highest BCUT2D eigenvalue weighted by Gasteiger charge is 2.28. The maximum atomic E-state index is 12.0. The molecule has 0 aliphatic heterocycles. The minimum Gasteiger partial charge on any atom is -0.383 e. The first kappa shape index (κ1) is 14.4. The van der Waals surface area contributed by atoms with E-state index in [9.17, 15) is 18.5 Å². The highest BCUT2D eigenvalue weighted by atomic mass is 32.2. The van der Waals surface area contributed by atoms with E-state index in [2.05, 4.69) is 10.0 Å². The van der Waals surface area contributed by atoms with E-state index in [1.807, 2.05) is 0 Å². The fourth-order valence-corrected chi connectivity index (χ4v) is 2.95. The van der Waals surface area contributed by atoms with E-state index in [-0.39, 0.29) is 16.6 Å². The SMILES string of the molecule is CNc1cccc(S(=O)(=O)NC(C)C)c1[N+](=O)[O-]. The van der Waals surface area contributed by atoms with E-state index in [1.54, 1.807) is 13.8 Å². The Bertz CT molecular complexity index is 554.